The van der Waals surface area contributed by atoms with Gasteiger partial charge in [-0.1, -0.05) is 49.6 Å². The van der Waals surface area contributed by atoms with Gasteiger partial charge >= 0.3 is 6.03 Å². The van der Waals surface area contributed by atoms with Gasteiger partial charge in [0.15, 0.2) is 0 Å². The highest BCUT2D eigenvalue weighted by Gasteiger charge is 2.54. The number of para-hydroxylation sites is 1. The first kappa shape index (κ1) is 19.4. The number of aromatic amines is 1. The number of nitrogens with zero attached hydrogens (tertiary/aromatic N) is 2. The topological polar surface area (TPSA) is 65.6 Å². The number of methoxy groups -OCH3 is 1. The number of imide groups is 1. The standard InChI is InChI=1S/C26H27N3O3/c1-32-18-11-7-8-16(14-18)24-23-20(19-12-5-6-13-21(19)27-23)15-22-25(30)28(26(31)29(22)24)17-9-3-2-4-10-17/h5-8,11-14,17,22,24,27H,2-4,9-10,15H2,1H3. The molecule has 164 valence electrons. The molecule has 1 aromatic heterocycles. The van der Waals surface area contributed by atoms with Crippen molar-refractivity contribution in [2.45, 2.75) is 56.7 Å². The SMILES string of the molecule is COc1cccc(C2c3[nH]c4ccccc4c3CC3C(=O)N(C4CCCCC4)C(=O)N32)c1. The van der Waals surface area contributed by atoms with Crippen molar-refractivity contribution in [3.63, 3.8) is 0 Å². The van der Waals surface area contributed by atoms with E-state index in [0.717, 1.165) is 59.2 Å². The van der Waals surface area contributed by atoms with Crippen LogP contribution in [0, 0.1) is 0 Å². The number of aromatic nitrogens is 1. The van der Waals surface area contributed by atoms with Gasteiger partial charge in [-0.3, -0.25) is 14.6 Å². The van der Waals surface area contributed by atoms with Gasteiger partial charge < -0.3 is 9.72 Å². The molecule has 0 spiro atoms. The average molecular weight is 430 g/mol. The summed E-state index contributed by atoms with van der Waals surface area (Å²) in [6.07, 6.45) is 5.72. The van der Waals surface area contributed by atoms with Crippen molar-refractivity contribution < 1.29 is 14.3 Å². The molecule has 32 heavy (non-hydrogen) atoms. The minimum Gasteiger partial charge on any atom is -0.497 e. The van der Waals surface area contributed by atoms with Gasteiger partial charge in [-0.05, 0) is 42.2 Å². The number of rotatable bonds is 3. The lowest BCUT2D eigenvalue weighted by atomic mass is 9.88. The molecule has 3 amide bonds. The van der Waals surface area contributed by atoms with Crippen molar-refractivity contribution in [3.05, 3.63) is 65.4 Å². The Kier molecular flexibility index (Phi) is 4.49. The van der Waals surface area contributed by atoms with Crippen LogP contribution in [0.25, 0.3) is 10.9 Å². The molecule has 0 bridgehead atoms. The van der Waals surface area contributed by atoms with E-state index in [1.165, 1.54) is 6.42 Å². The summed E-state index contributed by atoms with van der Waals surface area (Å²) in [6.45, 7) is 0. The highest BCUT2D eigenvalue weighted by atomic mass is 16.5. The number of benzene rings is 2. The smallest absolute Gasteiger partial charge is 0.328 e. The Morgan fingerprint density at radius 2 is 1.81 bits per heavy atom. The molecule has 6 heteroatoms. The summed E-state index contributed by atoms with van der Waals surface area (Å²) >= 11 is 0. The lowest BCUT2D eigenvalue weighted by Crippen LogP contribution is -2.44. The van der Waals surface area contributed by atoms with E-state index in [1.807, 2.05) is 41.3 Å². The maximum atomic E-state index is 13.8. The molecule has 1 N–H and O–H groups in total. The summed E-state index contributed by atoms with van der Waals surface area (Å²) in [6, 6.07) is 15.1. The van der Waals surface area contributed by atoms with Crippen LogP contribution in [0.2, 0.25) is 0 Å². The number of nitrogens with one attached hydrogen (secondary N) is 1. The third kappa shape index (κ3) is 2.78. The normalized spacial score (nSPS) is 23.5. The molecule has 6 nitrogen and oxygen atoms in total. The Bertz CT molecular complexity index is 1210. The molecule has 0 radical (unpaired) electrons. The van der Waals surface area contributed by atoms with E-state index in [-0.39, 0.29) is 24.0 Å². The van der Waals surface area contributed by atoms with E-state index >= 15 is 0 Å². The number of fused-ring (bicyclic) bond motifs is 4. The monoisotopic (exact) mass is 429 g/mol. The van der Waals surface area contributed by atoms with Crippen LogP contribution in [0.4, 0.5) is 4.79 Å². The molecule has 1 saturated carbocycles. The van der Waals surface area contributed by atoms with Crippen molar-refractivity contribution in [3.8, 4) is 5.75 Å². The second-order valence-electron chi connectivity index (χ2n) is 9.15. The van der Waals surface area contributed by atoms with E-state index in [9.17, 15) is 9.59 Å². The van der Waals surface area contributed by atoms with Crippen LogP contribution in [0.1, 0.15) is 55.0 Å². The average Bonchev–Trinajstić information content (AvgIpc) is 3.33. The van der Waals surface area contributed by atoms with Crippen LogP contribution in [0.15, 0.2) is 48.5 Å². The van der Waals surface area contributed by atoms with Crippen LogP contribution in [-0.2, 0) is 11.2 Å². The zero-order chi connectivity index (χ0) is 21.8. The van der Waals surface area contributed by atoms with Crippen LogP contribution in [0.3, 0.4) is 0 Å². The van der Waals surface area contributed by atoms with Gasteiger partial charge in [-0.2, -0.15) is 0 Å². The molecule has 1 saturated heterocycles. The molecular formula is C26H27N3O3. The molecule has 3 heterocycles. The first-order valence-electron chi connectivity index (χ1n) is 11.6. The van der Waals surface area contributed by atoms with E-state index < -0.39 is 6.04 Å². The lowest BCUT2D eigenvalue weighted by molar-refractivity contribution is -0.130. The quantitative estimate of drug-likeness (QED) is 0.609. The van der Waals surface area contributed by atoms with Gasteiger partial charge in [0.05, 0.1) is 7.11 Å². The first-order chi connectivity index (χ1) is 15.7. The van der Waals surface area contributed by atoms with E-state index in [2.05, 4.69) is 17.1 Å². The summed E-state index contributed by atoms with van der Waals surface area (Å²) in [5.74, 6) is 0.704. The van der Waals surface area contributed by atoms with Crippen molar-refractivity contribution in [2.75, 3.05) is 7.11 Å². The fraction of sp³-hybridized carbons (Fsp3) is 0.385. The van der Waals surface area contributed by atoms with Gasteiger partial charge in [0.25, 0.3) is 5.91 Å². The number of amides is 3. The summed E-state index contributed by atoms with van der Waals surface area (Å²) in [5.41, 5.74) is 4.13. The Morgan fingerprint density at radius 3 is 2.62 bits per heavy atom. The van der Waals surface area contributed by atoms with E-state index in [4.69, 9.17) is 4.74 Å². The van der Waals surface area contributed by atoms with Crippen LogP contribution < -0.4 is 4.74 Å². The molecule has 1 aliphatic carbocycles. The fourth-order valence-corrected chi connectivity index (χ4v) is 5.93. The first-order valence-corrected chi connectivity index (χ1v) is 11.6. The molecule has 2 fully saturated rings. The van der Waals surface area contributed by atoms with E-state index in [0.29, 0.717) is 6.42 Å². The minimum absolute atomic E-state index is 0.0235. The molecule has 2 aliphatic heterocycles. The Labute approximate surface area is 187 Å². The third-order valence-electron chi connectivity index (χ3n) is 7.43. The van der Waals surface area contributed by atoms with Crippen LogP contribution in [0.5, 0.6) is 5.75 Å². The number of carbonyl (C=O) groups is 2. The summed E-state index contributed by atoms with van der Waals surface area (Å²) < 4.78 is 5.48. The number of H-pyrrole nitrogens is 1. The predicted octanol–water partition coefficient (Wildman–Crippen LogP) is 4.79. The molecule has 6 rings (SSSR count). The second kappa shape index (κ2) is 7.40. The van der Waals surface area contributed by atoms with Gasteiger partial charge in [0.1, 0.15) is 17.8 Å². The molecule has 2 atom stereocenters. The predicted molar refractivity (Wildman–Crippen MR) is 122 cm³/mol. The Morgan fingerprint density at radius 1 is 1.00 bits per heavy atom. The Hall–Kier alpha value is -3.28. The molecular weight excluding hydrogens is 402 g/mol. The van der Waals surface area contributed by atoms with Crippen molar-refractivity contribution >= 4 is 22.8 Å². The van der Waals surface area contributed by atoms with Crippen LogP contribution >= 0.6 is 0 Å². The largest absolute Gasteiger partial charge is 0.497 e. The second-order valence-corrected chi connectivity index (χ2v) is 9.15. The van der Waals surface area contributed by atoms with E-state index in [1.54, 1.807) is 12.0 Å². The number of hydrogen-bond acceptors (Lipinski definition) is 3. The third-order valence-corrected chi connectivity index (χ3v) is 7.43. The van der Waals surface area contributed by atoms with Gasteiger partial charge in [-0.15, -0.1) is 0 Å². The zero-order valence-electron chi connectivity index (χ0n) is 18.2. The Balaban J connectivity index is 1.51. The number of urea groups is 1. The zero-order valence-corrected chi connectivity index (χ0v) is 18.2. The number of ether oxygens (including phenoxy) is 1. The number of hydrogen-bond donors (Lipinski definition) is 1. The number of carbonyl (C=O) groups excluding carboxylic acids is 2. The van der Waals surface area contributed by atoms with Gasteiger partial charge in [0, 0.05) is 29.1 Å². The van der Waals surface area contributed by atoms with Crippen molar-refractivity contribution in [1.82, 2.24) is 14.8 Å². The highest BCUT2D eigenvalue weighted by Crippen LogP contribution is 2.45. The van der Waals surface area contributed by atoms with Crippen molar-refractivity contribution in [1.29, 1.82) is 0 Å². The maximum absolute atomic E-state index is 13.8. The summed E-state index contributed by atoms with van der Waals surface area (Å²) in [4.78, 5) is 34.4. The highest BCUT2D eigenvalue weighted by molar-refractivity contribution is 6.06. The fourth-order valence-electron chi connectivity index (χ4n) is 5.93. The molecule has 2 aromatic carbocycles. The summed E-state index contributed by atoms with van der Waals surface area (Å²) in [5, 5.41) is 1.13. The van der Waals surface area contributed by atoms with Gasteiger partial charge in [-0.25, -0.2) is 4.79 Å². The van der Waals surface area contributed by atoms with Crippen molar-refractivity contribution in [2.24, 2.45) is 0 Å². The molecule has 3 aromatic rings. The molecule has 3 aliphatic rings. The lowest BCUT2D eigenvalue weighted by Gasteiger charge is -2.36. The van der Waals surface area contributed by atoms with Crippen LogP contribution in [-0.4, -0.2) is 45.9 Å². The van der Waals surface area contributed by atoms with Gasteiger partial charge in [0.2, 0.25) is 0 Å². The molecule has 2 unspecified atom stereocenters. The maximum Gasteiger partial charge on any atom is 0.328 e. The minimum atomic E-state index is -0.465. The summed E-state index contributed by atoms with van der Waals surface area (Å²) in [7, 11) is 1.65.